The Balaban J connectivity index is 1.58. The molecule has 2 N–H and O–H groups in total. The van der Waals surface area contributed by atoms with Crippen LogP contribution in [0, 0.1) is 0 Å². The fourth-order valence-electron chi connectivity index (χ4n) is 2.20. The molecule has 1 aliphatic rings. The number of hydrogen-bond acceptors (Lipinski definition) is 5. The molecular formula is C14H16N4OS2. The molecule has 2 heterocycles. The lowest BCUT2D eigenvalue weighted by molar-refractivity contribution is 0.334. The molecule has 0 radical (unpaired) electrons. The lowest BCUT2D eigenvalue weighted by Gasteiger charge is -2.10. The third kappa shape index (κ3) is 3.48. The topological polar surface area (TPSA) is 59.1 Å². The van der Waals surface area contributed by atoms with Gasteiger partial charge in [0.15, 0.2) is 10.2 Å². The molecule has 1 aliphatic carbocycles. The van der Waals surface area contributed by atoms with E-state index in [0.29, 0.717) is 23.7 Å². The summed E-state index contributed by atoms with van der Waals surface area (Å²) in [6.45, 7) is 2.63. The van der Waals surface area contributed by atoms with Crippen molar-refractivity contribution in [1.29, 1.82) is 0 Å². The summed E-state index contributed by atoms with van der Waals surface area (Å²) < 4.78 is 5.63. The van der Waals surface area contributed by atoms with E-state index >= 15 is 0 Å². The number of thiazole rings is 1. The first-order chi connectivity index (χ1) is 10.3. The van der Waals surface area contributed by atoms with Gasteiger partial charge in [0.05, 0.1) is 12.3 Å². The average molecular weight is 320 g/mol. The number of hydrogen-bond donors (Lipinski definition) is 2. The van der Waals surface area contributed by atoms with Gasteiger partial charge in [0.1, 0.15) is 5.75 Å². The van der Waals surface area contributed by atoms with Gasteiger partial charge in [0, 0.05) is 29.7 Å². The number of nitrogens with zero attached hydrogens (tertiary/aromatic N) is 2. The Morgan fingerprint density at radius 2 is 2.38 bits per heavy atom. The van der Waals surface area contributed by atoms with Crippen molar-refractivity contribution in [2.45, 2.75) is 25.3 Å². The van der Waals surface area contributed by atoms with Crippen molar-refractivity contribution in [2.75, 3.05) is 11.9 Å². The van der Waals surface area contributed by atoms with Crippen molar-refractivity contribution < 1.29 is 4.74 Å². The molecule has 7 heteroatoms. The third-order valence-corrected chi connectivity index (χ3v) is 4.12. The highest BCUT2D eigenvalue weighted by Crippen LogP contribution is 2.43. The van der Waals surface area contributed by atoms with Gasteiger partial charge < -0.3 is 15.4 Å². The van der Waals surface area contributed by atoms with Crippen LogP contribution < -0.4 is 15.4 Å². The number of aromatic nitrogens is 2. The van der Waals surface area contributed by atoms with Gasteiger partial charge >= 0.3 is 0 Å². The van der Waals surface area contributed by atoms with E-state index in [0.717, 1.165) is 23.0 Å². The van der Waals surface area contributed by atoms with Gasteiger partial charge in [0.25, 0.3) is 0 Å². The highest BCUT2D eigenvalue weighted by molar-refractivity contribution is 7.80. The summed E-state index contributed by atoms with van der Waals surface area (Å²) in [6, 6.07) is 4.17. The quantitative estimate of drug-likeness (QED) is 0.826. The average Bonchev–Trinajstić information content (AvgIpc) is 3.03. The van der Waals surface area contributed by atoms with E-state index in [1.807, 2.05) is 24.4 Å². The highest BCUT2D eigenvalue weighted by Gasteiger charge is 2.41. The first-order valence-corrected chi connectivity index (χ1v) is 8.11. The van der Waals surface area contributed by atoms with E-state index in [9.17, 15) is 0 Å². The molecular weight excluding hydrogens is 304 g/mol. The SMILES string of the molecule is CCOc1cccnc1C1CC1NC(=S)Nc1nccs1. The fraction of sp³-hybridized carbons (Fsp3) is 0.357. The van der Waals surface area contributed by atoms with Crippen LogP contribution in [0.25, 0.3) is 0 Å². The standard InChI is InChI=1S/C14H16N4OS2/c1-2-19-11-4-3-5-15-12(11)9-8-10(9)17-13(20)18-14-16-6-7-21-14/h3-7,9-10H,2,8H2,1H3,(H2,16,17,18,20). The van der Waals surface area contributed by atoms with Gasteiger partial charge in [-0.1, -0.05) is 0 Å². The minimum Gasteiger partial charge on any atom is -0.492 e. The van der Waals surface area contributed by atoms with E-state index in [1.165, 1.54) is 11.3 Å². The van der Waals surface area contributed by atoms with Gasteiger partial charge in [-0.25, -0.2) is 4.98 Å². The number of pyridine rings is 1. The molecule has 110 valence electrons. The zero-order valence-electron chi connectivity index (χ0n) is 11.6. The van der Waals surface area contributed by atoms with Crippen molar-refractivity contribution in [3.63, 3.8) is 0 Å². The summed E-state index contributed by atoms with van der Waals surface area (Å²) in [6.07, 6.45) is 4.56. The molecule has 1 saturated carbocycles. The summed E-state index contributed by atoms with van der Waals surface area (Å²) in [7, 11) is 0. The van der Waals surface area contributed by atoms with Crippen LogP contribution in [0.15, 0.2) is 29.9 Å². The molecule has 3 rings (SSSR count). The molecule has 0 bridgehead atoms. The Morgan fingerprint density at radius 3 is 3.14 bits per heavy atom. The van der Waals surface area contributed by atoms with Crippen LogP contribution in [-0.2, 0) is 0 Å². The number of thiocarbonyl (C=S) groups is 1. The van der Waals surface area contributed by atoms with Crippen LogP contribution in [0.2, 0.25) is 0 Å². The smallest absolute Gasteiger partial charge is 0.188 e. The Labute approximate surface area is 132 Å². The maximum absolute atomic E-state index is 5.63. The van der Waals surface area contributed by atoms with Gasteiger partial charge in [-0.15, -0.1) is 11.3 Å². The summed E-state index contributed by atoms with van der Waals surface area (Å²) >= 11 is 6.82. The first-order valence-electron chi connectivity index (χ1n) is 6.82. The van der Waals surface area contributed by atoms with E-state index in [1.54, 1.807) is 12.4 Å². The largest absolute Gasteiger partial charge is 0.492 e. The van der Waals surface area contributed by atoms with Gasteiger partial charge in [-0.2, -0.15) is 0 Å². The lowest BCUT2D eigenvalue weighted by Crippen LogP contribution is -2.31. The monoisotopic (exact) mass is 320 g/mol. The van der Waals surface area contributed by atoms with E-state index in [2.05, 4.69) is 20.6 Å². The summed E-state index contributed by atoms with van der Waals surface area (Å²) in [4.78, 5) is 8.60. The third-order valence-electron chi connectivity index (χ3n) is 3.21. The first kappa shape index (κ1) is 14.2. The maximum atomic E-state index is 5.63. The minimum atomic E-state index is 0.305. The van der Waals surface area contributed by atoms with Crippen molar-refractivity contribution in [2.24, 2.45) is 0 Å². The maximum Gasteiger partial charge on any atom is 0.188 e. The molecule has 0 saturated heterocycles. The molecule has 2 aromatic rings. The molecule has 0 aromatic carbocycles. The van der Waals surface area contributed by atoms with Gasteiger partial charge in [-0.3, -0.25) is 4.98 Å². The Hall–Kier alpha value is -1.73. The summed E-state index contributed by atoms with van der Waals surface area (Å²) in [5, 5.41) is 9.70. The second-order valence-electron chi connectivity index (χ2n) is 4.70. The van der Waals surface area contributed by atoms with Crippen LogP contribution in [0.5, 0.6) is 5.75 Å². The van der Waals surface area contributed by atoms with Crippen molar-refractivity contribution in [3.05, 3.63) is 35.6 Å². The molecule has 0 amide bonds. The van der Waals surface area contributed by atoms with Crippen LogP contribution in [0.3, 0.4) is 0 Å². The molecule has 2 unspecified atom stereocenters. The molecule has 5 nitrogen and oxygen atoms in total. The van der Waals surface area contributed by atoms with Crippen LogP contribution in [0.4, 0.5) is 5.13 Å². The van der Waals surface area contributed by atoms with E-state index in [4.69, 9.17) is 17.0 Å². The molecule has 0 aliphatic heterocycles. The second kappa shape index (κ2) is 6.36. The number of ether oxygens (including phenoxy) is 1. The van der Waals surface area contributed by atoms with Crippen molar-refractivity contribution in [1.82, 2.24) is 15.3 Å². The second-order valence-corrected chi connectivity index (χ2v) is 6.01. The summed E-state index contributed by atoms with van der Waals surface area (Å²) in [5.41, 5.74) is 1.01. The molecule has 1 fully saturated rings. The number of anilines is 1. The number of rotatable bonds is 5. The minimum absolute atomic E-state index is 0.305. The molecule has 0 spiro atoms. The Kier molecular flexibility index (Phi) is 4.31. The Morgan fingerprint density at radius 1 is 1.48 bits per heavy atom. The summed E-state index contributed by atoms with van der Waals surface area (Å²) in [5.74, 6) is 1.22. The number of nitrogens with one attached hydrogen (secondary N) is 2. The van der Waals surface area contributed by atoms with Gasteiger partial charge in [0.2, 0.25) is 0 Å². The van der Waals surface area contributed by atoms with Crippen LogP contribution in [0.1, 0.15) is 25.0 Å². The van der Waals surface area contributed by atoms with E-state index in [-0.39, 0.29) is 0 Å². The zero-order valence-corrected chi connectivity index (χ0v) is 13.2. The molecule has 2 atom stereocenters. The lowest BCUT2D eigenvalue weighted by atomic mass is 10.2. The normalized spacial score (nSPS) is 19.9. The van der Waals surface area contributed by atoms with E-state index < -0.39 is 0 Å². The zero-order chi connectivity index (χ0) is 14.7. The Bertz CT molecular complexity index is 617. The van der Waals surface area contributed by atoms with Crippen LogP contribution >= 0.6 is 23.6 Å². The van der Waals surface area contributed by atoms with Crippen LogP contribution in [-0.4, -0.2) is 27.7 Å². The highest BCUT2D eigenvalue weighted by atomic mass is 32.1. The van der Waals surface area contributed by atoms with Crippen molar-refractivity contribution >= 4 is 33.8 Å². The predicted octanol–water partition coefficient (Wildman–Crippen LogP) is 2.78. The fourth-order valence-corrected chi connectivity index (χ4v) is 3.05. The molecule has 21 heavy (non-hydrogen) atoms. The predicted molar refractivity (Wildman–Crippen MR) is 88.0 cm³/mol. The van der Waals surface area contributed by atoms with Crippen molar-refractivity contribution in [3.8, 4) is 5.75 Å². The molecule has 2 aromatic heterocycles. The van der Waals surface area contributed by atoms with Gasteiger partial charge in [-0.05, 0) is 37.7 Å².